The topological polar surface area (TPSA) is 84.8 Å². The fraction of sp³-hybridized carbons (Fsp3) is 0.308. The lowest BCUT2D eigenvalue weighted by Crippen LogP contribution is -2.66. The van der Waals surface area contributed by atoms with Crippen LogP contribution in [0.4, 0.5) is 0 Å². The summed E-state index contributed by atoms with van der Waals surface area (Å²) in [5.41, 5.74) is 0. The Kier molecular flexibility index (Phi) is 10.8. The highest BCUT2D eigenvalue weighted by atomic mass is 79.9. The maximum Gasteiger partial charge on any atom is 0.536 e. The Labute approximate surface area is 263 Å². The molecule has 3 aromatic carbocycles. The molecule has 3 unspecified atom stereocenters. The predicted molar refractivity (Wildman–Crippen MR) is 169 cm³/mol. The molecule has 0 spiro atoms. The number of halogens is 3. The van der Waals surface area contributed by atoms with Crippen molar-refractivity contribution in [2.24, 2.45) is 0 Å². The van der Waals surface area contributed by atoms with Crippen molar-refractivity contribution < 1.29 is 35.5 Å². The summed E-state index contributed by atoms with van der Waals surface area (Å²) < 4.78 is 46.9. The monoisotopic (exact) mass is 792 g/mol. The largest absolute Gasteiger partial charge is 0.536 e. The van der Waals surface area contributed by atoms with Crippen LogP contribution in [0.1, 0.15) is 13.8 Å². The van der Waals surface area contributed by atoms with Gasteiger partial charge in [-0.1, -0.05) is 84.2 Å². The van der Waals surface area contributed by atoms with Gasteiger partial charge in [0.1, 0.15) is 0 Å². The van der Waals surface area contributed by atoms with E-state index in [9.17, 15) is 4.80 Å². The van der Waals surface area contributed by atoms with Gasteiger partial charge in [0.2, 0.25) is 0 Å². The average Bonchev–Trinajstić information content (AvgIpc) is 3.07. The van der Waals surface area contributed by atoms with Crippen molar-refractivity contribution in [1.29, 1.82) is 0 Å². The van der Waals surface area contributed by atoms with E-state index < -0.39 is 44.7 Å². The van der Waals surface area contributed by atoms with E-state index in [1.807, 2.05) is 74.5 Å². The molecule has 0 radical (unpaired) electrons. The highest BCUT2D eigenvalue weighted by molar-refractivity contribution is 9.11. The second-order valence-corrected chi connectivity index (χ2v) is 19.8. The summed E-state index contributed by atoms with van der Waals surface area (Å²) in [7, 11) is -6.57. The summed E-state index contributed by atoms with van der Waals surface area (Å²) in [6, 6.07) is 22.3. The lowest BCUT2D eigenvalue weighted by molar-refractivity contribution is -0.0485. The normalized spacial score (nSPS) is 26.3. The van der Waals surface area contributed by atoms with Gasteiger partial charge in [0.25, 0.3) is 0 Å². The molecule has 1 saturated heterocycles. The Morgan fingerprint density at radius 2 is 1.25 bits per heavy atom. The first-order chi connectivity index (χ1) is 19.0. The van der Waals surface area contributed by atoms with E-state index >= 15 is 0 Å². The summed E-state index contributed by atoms with van der Waals surface area (Å²) in [5.74, 6) is 0. The minimum atomic E-state index is -4.07. The Bertz CT molecular complexity index is 1270. The van der Waals surface area contributed by atoms with E-state index in [4.69, 9.17) is 30.7 Å². The van der Waals surface area contributed by atoms with E-state index in [0.717, 1.165) is 18.6 Å². The molecule has 0 bridgehead atoms. The summed E-state index contributed by atoms with van der Waals surface area (Å²) in [6.45, 7) is 3.69. The summed E-state index contributed by atoms with van der Waals surface area (Å²) in [6.07, 6.45) is -1.99. The van der Waals surface area contributed by atoms with Gasteiger partial charge in [-0.05, 0) is 50.2 Å². The molecular weight excluding hydrogens is 764 g/mol. The van der Waals surface area contributed by atoms with Crippen LogP contribution in [0.2, 0.25) is 0 Å². The van der Waals surface area contributed by atoms with Crippen molar-refractivity contribution in [2.75, 3.05) is 21.3 Å². The first kappa shape index (κ1) is 32.3. The Balaban J connectivity index is 1.77. The van der Waals surface area contributed by atoms with Crippen LogP contribution in [0.15, 0.2) is 86.2 Å². The SMILES string of the molecule is CO[Si](OC)(O[C@H](C)[C@H]1O[Si](OC)(c2ccc(Br)cc2)O[Si](O)(c2ccc(Br)cc2)OC1C)c1ccc(Br)cc1. The van der Waals surface area contributed by atoms with Crippen LogP contribution in [-0.2, 0) is 30.7 Å². The Morgan fingerprint density at radius 1 is 0.775 bits per heavy atom. The van der Waals surface area contributed by atoms with Crippen LogP contribution in [0.25, 0.3) is 0 Å². The molecule has 1 N–H and O–H groups in total. The van der Waals surface area contributed by atoms with Crippen LogP contribution in [0, 0.1) is 0 Å². The second kappa shape index (κ2) is 13.4. The maximum atomic E-state index is 12.1. The molecule has 3 aromatic rings. The van der Waals surface area contributed by atoms with Gasteiger partial charge >= 0.3 is 26.4 Å². The maximum absolute atomic E-state index is 12.1. The van der Waals surface area contributed by atoms with Crippen molar-refractivity contribution >= 4 is 89.8 Å². The van der Waals surface area contributed by atoms with Crippen LogP contribution in [-0.4, -0.2) is 70.9 Å². The molecule has 0 saturated carbocycles. The van der Waals surface area contributed by atoms with Crippen LogP contribution < -0.4 is 15.6 Å². The zero-order valence-corrected chi connectivity index (χ0v) is 30.4. The van der Waals surface area contributed by atoms with Gasteiger partial charge in [-0.3, -0.25) is 0 Å². The van der Waals surface area contributed by atoms with E-state index in [2.05, 4.69) is 47.8 Å². The zero-order valence-electron chi connectivity index (χ0n) is 22.6. The lowest BCUT2D eigenvalue weighted by atomic mass is 10.1. The van der Waals surface area contributed by atoms with Gasteiger partial charge in [-0.2, -0.15) is 0 Å². The highest BCUT2D eigenvalue weighted by Crippen LogP contribution is 2.30. The van der Waals surface area contributed by atoms with Gasteiger partial charge in [0, 0.05) is 50.3 Å². The number of benzene rings is 3. The quantitative estimate of drug-likeness (QED) is 0.327. The van der Waals surface area contributed by atoms with Crippen molar-refractivity contribution in [3.05, 3.63) is 86.2 Å². The molecule has 4 rings (SSSR count). The molecule has 1 fully saturated rings. The third kappa shape index (κ3) is 6.81. The number of hydrogen-bond acceptors (Lipinski definition) is 8. The smallest absolute Gasteiger partial charge is 0.387 e. The van der Waals surface area contributed by atoms with Crippen molar-refractivity contribution in [1.82, 2.24) is 0 Å². The zero-order chi connectivity index (χ0) is 29.1. The molecule has 40 heavy (non-hydrogen) atoms. The molecule has 216 valence electrons. The molecule has 0 aromatic heterocycles. The Morgan fingerprint density at radius 3 is 1.73 bits per heavy atom. The molecule has 1 aliphatic heterocycles. The third-order valence-electron chi connectivity index (χ3n) is 6.59. The lowest BCUT2D eigenvalue weighted by Gasteiger charge is -2.37. The van der Waals surface area contributed by atoms with Crippen LogP contribution in [0.5, 0.6) is 0 Å². The molecule has 14 heteroatoms. The number of hydrogen-bond donors (Lipinski definition) is 1. The van der Waals surface area contributed by atoms with Crippen LogP contribution >= 0.6 is 47.8 Å². The molecular formula is C26H31Br3O8Si3. The van der Waals surface area contributed by atoms with Crippen molar-refractivity contribution in [3.63, 3.8) is 0 Å². The van der Waals surface area contributed by atoms with Crippen LogP contribution in [0.3, 0.4) is 0 Å². The van der Waals surface area contributed by atoms with Gasteiger partial charge in [-0.25, -0.2) is 0 Å². The van der Waals surface area contributed by atoms with Gasteiger partial charge < -0.3 is 35.5 Å². The highest BCUT2D eigenvalue weighted by Gasteiger charge is 2.61. The molecule has 5 atom stereocenters. The fourth-order valence-electron chi connectivity index (χ4n) is 4.53. The Hall–Kier alpha value is -0.569. The molecule has 1 heterocycles. The second-order valence-electron chi connectivity index (χ2n) is 9.16. The molecule has 1 aliphatic rings. The average molecular weight is 795 g/mol. The third-order valence-corrected chi connectivity index (χ3v) is 17.1. The summed E-state index contributed by atoms with van der Waals surface area (Å²) in [5, 5.41) is 1.99. The first-order valence-corrected chi connectivity index (χ1v) is 20.0. The predicted octanol–water partition coefficient (Wildman–Crippen LogP) is 3.97. The fourth-order valence-corrected chi connectivity index (χ4v) is 13.7. The van der Waals surface area contributed by atoms with E-state index in [-0.39, 0.29) is 0 Å². The minimum absolute atomic E-state index is 0.527. The first-order valence-electron chi connectivity index (χ1n) is 12.4. The van der Waals surface area contributed by atoms with Gasteiger partial charge in [0.05, 0.1) is 18.3 Å². The molecule has 0 aliphatic carbocycles. The summed E-state index contributed by atoms with van der Waals surface area (Å²) >= 11 is 10.4. The minimum Gasteiger partial charge on any atom is -0.387 e. The van der Waals surface area contributed by atoms with E-state index in [0.29, 0.717) is 10.4 Å². The van der Waals surface area contributed by atoms with E-state index in [1.54, 1.807) is 26.4 Å². The van der Waals surface area contributed by atoms with Gasteiger partial charge in [0.15, 0.2) is 0 Å². The van der Waals surface area contributed by atoms with Crippen molar-refractivity contribution in [3.8, 4) is 0 Å². The van der Waals surface area contributed by atoms with Gasteiger partial charge in [-0.15, -0.1) is 0 Å². The van der Waals surface area contributed by atoms with Crippen molar-refractivity contribution in [2.45, 2.75) is 32.2 Å². The number of rotatable bonds is 9. The van der Waals surface area contributed by atoms with E-state index in [1.165, 1.54) is 7.11 Å². The summed E-state index contributed by atoms with van der Waals surface area (Å²) in [4.78, 5) is 12.1. The molecule has 8 nitrogen and oxygen atoms in total. The standard InChI is InChI=1S/C26H31Br3O8Si3/c1-18-26(19(2)35-39(31-3,32-4)24-14-8-21(28)9-15-24)36-40(33-5,25-16-10-22(29)11-17-25)37-38(30,34-18)23-12-6-20(27)7-13-23/h6-19,26,30H,1-5H3/t18?,19-,26+,38?,40?/m1/s1. The molecule has 0 amide bonds.